The number of hydrogen-bond donors (Lipinski definition) is 2. The van der Waals surface area contributed by atoms with Gasteiger partial charge in [-0.2, -0.15) is 0 Å². The molecule has 1 aromatic carbocycles. The van der Waals surface area contributed by atoms with E-state index < -0.39 is 6.04 Å². The van der Waals surface area contributed by atoms with Crippen molar-refractivity contribution in [1.82, 2.24) is 20.1 Å². The third kappa shape index (κ3) is 5.73. The van der Waals surface area contributed by atoms with Gasteiger partial charge in [0, 0.05) is 34.0 Å². The first-order valence-corrected chi connectivity index (χ1v) is 14.0. The number of furan rings is 1. The summed E-state index contributed by atoms with van der Waals surface area (Å²) in [6.45, 7) is 6.76. The smallest absolute Gasteiger partial charge is 0.223 e. The van der Waals surface area contributed by atoms with Crippen LogP contribution in [-0.4, -0.2) is 39.5 Å². The summed E-state index contributed by atoms with van der Waals surface area (Å²) in [5.41, 5.74) is 9.34. The van der Waals surface area contributed by atoms with Gasteiger partial charge >= 0.3 is 0 Å². The van der Waals surface area contributed by atoms with E-state index in [1.165, 1.54) is 4.88 Å². The van der Waals surface area contributed by atoms with Gasteiger partial charge in [-0.05, 0) is 62.4 Å². The van der Waals surface area contributed by atoms with Crippen molar-refractivity contribution in [2.75, 3.05) is 13.1 Å². The zero-order chi connectivity index (χ0) is 28.2. The van der Waals surface area contributed by atoms with E-state index in [1.807, 2.05) is 35.8 Å². The normalized spacial score (nSPS) is 13.6. The minimum atomic E-state index is -0.543. The second-order valence-electron chi connectivity index (χ2n) is 9.19. The number of carbonyl (C=O) groups is 1. The van der Waals surface area contributed by atoms with Crippen molar-refractivity contribution in [2.24, 2.45) is 10.7 Å². The van der Waals surface area contributed by atoms with Crippen LogP contribution < -0.4 is 11.1 Å². The van der Waals surface area contributed by atoms with Crippen molar-refractivity contribution in [3.05, 3.63) is 86.2 Å². The fourth-order valence-electron chi connectivity index (χ4n) is 4.35. The first-order chi connectivity index (χ1) is 19.4. The highest BCUT2D eigenvalue weighted by atomic mass is 35.5. The second kappa shape index (κ2) is 11.9. The number of carbonyl (C=O) groups excluding carboxylic acids is 1. The molecule has 3 aromatic heterocycles. The molecule has 0 unspecified atom stereocenters. The lowest BCUT2D eigenvalue weighted by Crippen LogP contribution is -2.25. The Kier molecular flexibility index (Phi) is 8.18. The number of nitrogens with one attached hydrogen (secondary N) is 1. The van der Waals surface area contributed by atoms with Crippen LogP contribution in [0.2, 0.25) is 5.02 Å². The highest BCUT2D eigenvalue weighted by Crippen LogP contribution is 2.39. The monoisotopic (exact) mass is 570 g/mol. The molecule has 0 saturated heterocycles. The number of rotatable bonds is 5. The standard InChI is InChI=1S/C30H27ClN6O2S/c1-18-19(2)40-30-27(18)28(21-9-11-22(31)12-10-21)34-25(29-36-35-20(3)37(29)30)17-26(38)33-16-6-8-24-14-13-23(39-24)7-4-5-15-32/h9-14,25H,5,15-17,32H2,1-3H3,(H,33,38)/t25-/m0/s1. The first kappa shape index (κ1) is 27.4. The quantitative estimate of drug-likeness (QED) is 0.339. The number of thiophene rings is 1. The molecule has 0 radical (unpaired) electrons. The fourth-order valence-corrected chi connectivity index (χ4v) is 5.69. The topological polar surface area (TPSA) is 111 Å². The Morgan fingerprint density at radius 3 is 2.55 bits per heavy atom. The molecule has 3 N–H and O–H groups in total. The van der Waals surface area contributed by atoms with Crippen molar-refractivity contribution >= 4 is 34.6 Å². The van der Waals surface area contributed by atoms with E-state index in [-0.39, 0.29) is 18.9 Å². The van der Waals surface area contributed by atoms with Crippen LogP contribution in [-0.2, 0) is 4.79 Å². The average molecular weight is 571 g/mol. The molecule has 5 rings (SSSR count). The number of nitrogens with two attached hydrogens (primary N) is 1. The number of fused-ring (bicyclic) bond motifs is 3. The third-order valence-corrected chi connectivity index (χ3v) is 7.85. The van der Waals surface area contributed by atoms with Gasteiger partial charge in [0.05, 0.1) is 18.7 Å². The van der Waals surface area contributed by atoms with Gasteiger partial charge in [-0.1, -0.05) is 35.6 Å². The van der Waals surface area contributed by atoms with E-state index in [4.69, 9.17) is 26.7 Å². The molecule has 40 heavy (non-hydrogen) atoms. The molecular formula is C30H27ClN6O2S. The molecule has 1 aliphatic rings. The van der Waals surface area contributed by atoms with E-state index in [0.717, 1.165) is 33.2 Å². The van der Waals surface area contributed by atoms with E-state index in [2.05, 4.69) is 53.0 Å². The van der Waals surface area contributed by atoms with Gasteiger partial charge in [-0.25, -0.2) is 0 Å². The average Bonchev–Trinajstić information content (AvgIpc) is 3.60. The molecular weight excluding hydrogens is 544 g/mol. The van der Waals surface area contributed by atoms with Crippen LogP contribution in [0.1, 0.15) is 63.6 Å². The maximum Gasteiger partial charge on any atom is 0.223 e. The number of amides is 1. The summed E-state index contributed by atoms with van der Waals surface area (Å²) in [5, 5.41) is 13.3. The summed E-state index contributed by atoms with van der Waals surface area (Å²) < 4.78 is 7.60. The number of aliphatic imine (C=N–C) groups is 1. The predicted molar refractivity (Wildman–Crippen MR) is 157 cm³/mol. The first-order valence-electron chi connectivity index (χ1n) is 12.8. The molecule has 4 heterocycles. The molecule has 1 atom stereocenters. The molecule has 0 saturated carbocycles. The Morgan fingerprint density at radius 1 is 1.10 bits per heavy atom. The van der Waals surface area contributed by atoms with Crippen LogP contribution in [0, 0.1) is 44.5 Å². The largest absolute Gasteiger partial charge is 0.439 e. The molecule has 1 aliphatic heterocycles. The molecule has 202 valence electrons. The van der Waals surface area contributed by atoms with Gasteiger partial charge in [0.2, 0.25) is 5.91 Å². The number of halogens is 1. The number of benzene rings is 1. The van der Waals surface area contributed by atoms with Crippen molar-refractivity contribution in [3.8, 4) is 28.7 Å². The van der Waals surface area contributed by atoms with Gasteiger partial charge in [-0.15, -0.1) is 21.5 Å². The van der Waals surface area contributed by atoms with Crippen LogP contribution in [0.3, 0.4) is 0 Å². The van der Waals surface area contributed by atoms with Crippen molar-refractivity contribution in [2.45, 2.75) is 39.7 Å². The molecule has 0 spiro atoms. The lowest BCUT2D eigenvalue weighted by Gasteiger charge is -2.12. The Bertz CT molecular complexity index is 1720. The summed E-state index contributed by atoms with van der Waals surface area (Å²) in [7, 11) is 0. The molecule has 8 nitrogen and oxygen atoms in total. The van der Waals surface area contributed by atoms with Crippen LogP contribution in [0.5, 0.6) is 0 Å². The summed E-state index contributed by atoms with van der Waals surface area (Å²) in [6.07, 6.45) is 0.689. The lowest BCUT2D eigenvalue weighted by atomic mass is 9.99. The minimum absolute atomic E-state index is 0.0888. The Morgan fingerprint density at radius 2 is 1.82 bits per heavy atom. The molecule has 4 aromatic rings. The van der Waals surface area contributed by atoms with Gasteiger partial charge in [0.1, 0.15) is 16.9 Å². The Balaban J connectivity index is 1.38. The van der Waals surface area contributed by atoms with Crippen LogP contribution in [0.15, 0.2) is 45.8 Å². The van der Waals surface area contributed by atoms with Crippen LogP contribution in [0.4, 0.5) is 0 Å². The highest BCUT2D eigenvalue weighted by molar-refractivity contribution is 7.15. The molecule has 1 amide bonds. The zero-order valence-corrected chi connectivity index (χ0v) is 23.9. The summed E-state index contributed by atoms with van der Waals surface area (Å²) in [6, 6.07) is 10.6. The number of nitrogens with zero attached hydrogens (tertiary/aromatic N) is 4. The van der Waals surface area contributed by atoms with Crippen molar-refractivity contribution < 1.29 is 9.21 Å². The van der Waals surface area contributed by atoms with Crippen LogP contribution in [0.25, 0.3) is 5.00 Å². The summed E-state index contributed by atoms with van der Waals surface area (Å²) >= 11 is 7.85. The predicted octanol–water partition coefficient (Wildman–Crippen LogP) is 4.65. The Hall–Kier alpha value is -4.15. The van der Waals surface area contributed by atoms with E-state index in [9.17, 15) is 4.79 Å². The minimum Gasteiger partial charge on any atom is -0.439 e. The summed E-state index contributed by atoms with van der Waals surface area (Å²) in [5.74, 6) is 13.8. The van der Waals surface area contributed by atoms with E-state index in [0.29, 0.717) is 35.3 Å². The van der Waals surface area contributed by atoms with E-state index >= 15 is 0 Å². The Labute approximate surface area is 241 Å². The fraction of sp³-hybridized carbons (Fsp3) is 0.267. The number of aryl methyl sites for hydroxylation is 2. The summed E-state index contributed by atoms with van der Waals surface area (Å²) in [4.78, 5) is 19.4. The van der Waals surface area contributed by atoms with E-state index in [1.54, 1.807) is 23.5 Å². The maximum absolute atomic E-state index is 13.0. The van der Waals surface area contributed by atoms with Gasteiger partial charge in [-0.3, -0.25) is 14.4 Å². The van der Waals surface area contributed by atoms with Crippen LogP contribution >= 0.6 is 22.9 Å². The second-order valence-corrected chi connectivity index (χ2v) is 10.8. The van der Waals surface area contributed by atoms with Crippen molar-refractivity contribution in [1.29, 1.82) is 0 Å². The van der Waals surface area contributed by atoms with Gasteiger partial charge in [0.15, 0.2) is 17.3 Å². The molecule has 10 heteroatoms. The number of hydrogen-bond acceptors (Lipinski definition) is 7. The number of aromatic nitrogens is 3. The van der Waals surface area contributed by atoms with Gasteiger partial charge < -0.3 is 15.5 Å². The zero-order valence-electron chi connectivity index (χ0n) is 22.3. The molecule has 0 aliphatic carbocycles. The molecule has 0 bridgehead atoms. The third-order valence-electron chi connectivity index (χ3n) is 6.41. The lowest BCUT2D eigenvalue weighted by molar-refractivity contribution is -0.121. The molecule has 0 fully saturated rings. The van der Waals surface area contributed by atoms with Crippen molar-refractivity contribution in [3.63, 3.8) is 0 Å². The highest BCUT2D eigenvalue weighted by Gasteiger charge is 2.32. The maximum atomic E-state index is 13.0. The van der Waals surface area contributed by atoms with Gasteiger partial charge in [0.25, 0.3) is 0 Å². The SMILES string of the molecule is Cc1sc2c(c1C)C(c1ccc(Cl)cc1)=N[C@@H](CC(=O)NCC#Cc1ccc(C#CCCN)o1)c1nnc(C)n1-2.